The summed E-state index contributed by atoms with van der Waals surface area (Å²) in [5.74, 6) is 0.695. The molecular weight excluding hydrogens is 310 g/mol. The number of rotatable bonds is 7. The van der Waals surface area contributed by atoms with Crippen LogP contribution in [0.15, 0.2) is 0 Å². The lowest BCUT2D eigenvalue weighted by Crippen LogP contribution is -2.31. The molecule has 23 heavy (non-hydrogen) atoms. The van der Waals surface area contributed by atoms with Gasteiger partial charge in [0.05, 0.1) is 18.8 Å². The van der Waals surface area contributed by atoms with Gasteiger partial charge in [0.25, 0.3) is 0 Å². The number of nitrogens with zero attached hydrogens (tertiary/aromatic N) is 1. The monoisotopic (exact) mass is 343 g/mol. The van der Waals surface area contributed by atoms with Crippen molar-refractivity contribution in [2.75, 3.05) is 32.8 Å². The summed E-state index contributed by atoms with van der Waals surface area (Å²) in [6, 6.07) is 0. The van der Waals surface area contributed by atoms with E-state index in [-0.39, 0.29) is 0 Å². The fourth-order valence-corrected chi connectivity index (χ4v) is 4.78. The minimum atomic E-state index is 0.386. The molecule has 0 aromatic heterocycles. The van der Waals surface area contributed by atoms with E-state index in [4.69, 9.17) is 21.1 Å². The molecule has 2 atom stereocenters. The molecule has 0 radical (unpaired) electrons. The number of hydrogen-bond acceptors (Lipinski definition) is 3. The van der Waals surface area contributed by atoms with Gasteiger partial charge in [-0.25, -0.2) is 0 Å². The molecule has 2 unspecified atom stereocenters. The lowest BCUT2D eigenvalue weighted by Gasteiger charge is -2.31. The van der Waals surface area contributed by atoms with Crippen LogP contribution in [0.5, 0.6) is 0 Å². The van der Waals surface area contributed by atoms with Crippen LogP contribution >= 0.6 is 11.6 Å². The van der Waals surface area contributed by atoms with Crippen molar-refractivity contribution in [3.05, 3.63) is 0 Å². The molecule has 1 aliphatic heterocycles. The number of hydrogen-bond donors (Lipinski definition) is 0. The van der Waals surface area contributed by atoms with Gasteiger partial charge in [0.15, 0.2) is 0 Å². The fraction of sp³-hybridized carbons (Fsp3) is 1.00. The first-order valence-electron chi connectivity index (χ1n) is 9.89. The van der Waals surface area contributed by atoms with Crippen LogP contribution in [-0.4, -0.2) is 55.3 Å². The van der Waals surface area contributed by atoms with Gasteiger partial charge in [-0.05, 0) is 76.8 Å². The lowest BCUT2D eigenvalue weighted by atomic mass is 9.89. The van der Waals surface area contributed by atoms with Crippen LogP contribution in [0.2, 0.25) is 0 Å². The summed E-state index contributed by atoms with van der Waals surface area (Å²) < 4.78 is 12.3. The molecule has 3 nitrogen and oxygen atoms in total. The van der Waals surface area contributed by atoms with E-state index >= 15 is 0 Å². The van der Waals surface area contributed by atoms with Crippen LogP contribution in [0.1, 0.15) is 64.2 Å². The molecule has 0 N–H and O–H groups in total. The van der Waals surface area contributed by atoms with E-state index in [9.17, 15) is 0 Å². The number of ether oxygens (including phenoxy) is 2. The topological polar surface area (TPSA) is 21.7 Å². The molecule has 3 rings (SSSR count). The summed E-state index contributed by atoms with van der Waals surface area (Å²) in [7, 11) is 0. The number of likely N-dealkylation sites (tertiary alicyclic amines) is 1. The SMILES string of the molecule is ClC1CCCC(COC2CCC(OCCN3CCCC3)CC2)C1. The normalized spacial score (nSPS) is 36.4. The van der Waals surface area contributed by atoms with Crippen LogP contribution < -0.4 is 0 Å². The Morgan fingerprint density at radius 1 is 0.826 bits per heavy atom. The van der Waals surface area contributed by atoms with Gasteiger partial charge in [0, 0.05) is 18.5 Å². The van der Waals surface area contributed by atoms with Crippen molar-refractivity contribution < 1.29 is 9.47 Å². The molecule has 0 aromatic rings. The Bertz CT molecular complexity index is 327. The molecule has 134 valence electrons. The summed E-state index contributed by atoms with van der Waals surface area (Å²) in [5, 5.41) is 0.386. The highest BCUT2D eigenvalue weighted by Crippen LogP contribution is 2.30. The first-order chi connectivity index (χ1) is 11.3. The maximum Gasteiger partial charge on any atom is 0.0597 e. The molecule has 1 saturated heterocycles. The standard InChI is InChI=1S/C19H34ClNO2/c20-17-5-3-4-16(14-17)15-23-19-8-6-18(7-9-19)22-13-12-21-10-1-2-11-21/h16-19H,1-15H2. The molecule has 3 fully saturated rings. The number of halogens is 1. The van der Waals surface area contributed by atoms with Gasteiger partial charge in [-0.1, -0.05) is 6.42 Å². The van der Waals surface area contributed by atoms with Gasteiger partial charge in [-0.2, -0.15) is 0 Å². The Hall–Kier alpha value is 0.170. The minimum Gasteiger partial charge on any atom is -0.378 e. The van der Waals surface area contributed by atoms with Crippen molar-refractivity contribution in [1.82, 2.24) is 4.90 Å². The molecule has 1 heterocycles. The Morgan fingerprint density at radius 2 is 1.52 bits per heavy atom. The third-order valence-electron chi connectivity index (χ3n) is 5.87. The second-order valence-corrected chi connectivity index (χ2v) is 8.40. The van der Waals surface area contributed by atoms with E-state index in [1.165, 1.54) is 70.9 Å². The van der Waals surface area contributed by atoms with Crippen molar-refractivity contribution in [1.29, 1.82) is 0 Å². The van der Waals surface area contributed by atoms with E-state index in [2.05, 4.69) is 4.90 Å². The van der Waals surface area contributed by atoms with Crippen molar-refractivity contribution in [3.8, 4) is 0 Å². The highest BCUT2D eigenvalue weighted by molar-refractivity contribution is 6.20. The van der Waals surface area contributed by atoms with E-state index in [1.54, 1.807) is 0 Å². The molecule has 0 spiro atoms. The van der Waals surface area contributed by atoms with Gasteiger partial charge in [-0.15, -0.1) is 11.6 Å². The lowest BCUT2D eigenvalue weighted by molar-refractivity contribution is -0.0447. The predicted octanol–water partition coefficient (Wildman–Crippen LogP) is 4.22. The molecule has 0 amide bonds. The first kappa shape index (κ1) is 18.0. The van der Waals surface area contributed by atoms with Gasteiger partial charge < -0.3 is 14.4 Å². The highest BCUT2D eigenvalue weighted by Gasteiger charge is 2.25. The smallest absolute Gasteiger partial charge is 0.0597 e. The van der Waals surface area contributed by atoms with Crippen molar-refractivity contribution in [2.45, 2.75) is 81.8 Å². The number of alkyl halides is 1. The van der Waals surface area contributed by atoms with Gasteiger partial charge in [0.1, 0.15) is 0 Å². The zero-order chi connectivity index (χ0) is 15.9. The molecule has 2 aliphatic carbocycles. The van der Waals surface area contributed by atoms with Gasteiger partial charge >= 0.3 is 0 Å². The quantitative estimate of drug-likeness (QED) is 0.646. The molecule has 0 aromatic carbocycles. The Balaban J connectivity index is 1.23. The second kappa shape index (κ2) is 9.60. The zero-order valence-corrected chi connectivity index (χ0v) is 15.3. The predicted molar refractivity (Wildman–Crippen MR) is 95.2 cm³/mol. The van der Waals surface area contributed by atoms with Crippen LogP contribution in [0.4, 0.5) is 0 Å². The van der Waals surface area contributed by atoms with Crippen LogP contribution in [0.25, 0.3) is 0 Å². The summed E-state index contributed by atoms with van der Waals surface area (Å²) in [6.45, 7) is 5.50. The van der Waals surface area contributed by atoms with Crippen LogP contribution in [-0.2, 0) is 9.47 Å². The maximum atomic E-state index is 6.27. The largest absolute Gasteiger partial charge is 0.378 e. The van der Waals surface area contributed by atoms with Crippen LogP contribution in [0.3, 0.4) is 0 Å². The highest BCUT2D eigenvalue weighted by atomic mass is 35.5. The molecule has 3 aliphatic rings. The Morgan fingerprint density at radius 3 is 2.22 bits per heavy atom. The van der Waals surface area contributed by atoms with Crippen LogP contribution in [0, 0.1) is 5.92 Å². The molecule has 0 bridgehead atoms. The zero-order valence-electron chi connectivity index (χ0n) is 14.6. The molecule has 2 saturated carbocycles. The second-order valence-electron chi connectivity index (χ2n) is 7.78. The third kappa shape index (κ3) is 6.19. The first-order valence-corrected chi connectivity index (χ1v) is 10.3. The van der Waals surface area contributed by atoms with Gasteiger partial charge in [0.2, 0.25) is 0 Å². The Labute approximate surface area is 147 Å². The van der Waals surface area contributed by atoms with E-state index in [0.717, 1.165) is 26.2 Å². The van der Waals surface area contributed by atoms with Crippen molar-refractivity contribution >= 4 is 11.6 Å². The summed E-state index contributed by atoms with van der Waals surface area (Å²) in [4.78, 5) is 2.53. The van der Waals surface area contributed by atoms with E-state index < -0.39 is 0 Å². The van der Waals surface area contributed by atoms with Crippen molar-refractivity contribution in [3.63, 3.8) is 0 Å². The summed E-state index contributed by atoms with van der Waals surface area (Å²) in [6.07, 6.45) is 13.3. The maximum absolute atomic E-state index is 6.27. The van der Waals surface area contributed by atoms with Crippen molar-refractivity contribution in [2.24, 2.45) is 5.92 Å². The fourth-order valence-electron chi connectivity index (χ4n) is 4.37. The summed E-state index contributed by atoms with van der Waals surface area (Å²) in [5.41, 5.74) is 0. The Kier molecular flexibility index (Phi) is 7.50. The molecular formula is C19H34ClNO2. The van der Waals surface area contributed by atoms with E-state index in [1.807, 2.05) is 0 Å². The van der Waals surface area contributed by atoms with E-state index in [0.29, 0.717) is 23.5 Å². The average molecular weight is 344 g/mol. The van der Waals surface area contributed by atoms with Gasteiger partial charge in [-0.3, -0.25) is 0 Å². The third-order valence-corrected chi connectivity index (χ3v) is 6.26. The molecule has 4 heteroatoms. The summed E-state index contributed by atoms with van der Waals surface area (Å²) >= 11 is 6.27. The average Bonchev–Trinajstić information content (AvgIpc) is 3.08. The minimum absolute atomic E-state index is 0.386.